The second-order valence-electron chi connectivity index (χ2n) is 4.98. The molecule has 0 atom stereocenters. The minimum absolute atomic E-state index is 0.422. The summed E-state index contributed by atoms with van der Waals surface area (Å²) in [5, 5.41) is 1.43. The molecule has 74 valence electrons. The third kappa shape index (κ3) is 2.53. The van der Waals surface area contributed by atoms with Gasteiger partial charge in [-0.3, -0.25) is 4.79 Å². The number of hydrogen-bond donors (Lipinski definition) is 0. The van der Waals surface area contributed by atoms with Crippen LogP contribution in [-0.2, 0) is 4.79 Å². The molecule has 0 aromatic heterocycles. The van der Waals surface area contributed by atoms with Crippen LogP contribution in [0.15, 0.2) is 10.8 Å². The number of rotatable bonds is 1. The highest BCUT2D eigenvalue weighted by Crippen LogP contribution is 2.27. The van der Waals surface area contributed by atoms with Crippen LogP contribution in [0.25, 0.3) is 0 Å². The average Bonchev–Trinajstić information content (AvgIpc) is 2.02. The Morgan fingerprint density at radius 2 is 1.69 bits per heavy atom. The predicted octanol–water partition coefficient (Wildman–Crippen LogP) is 3.32. The lowest BCUT2D eigenvalue weighted by molar-refractivity contribution is -0.116. The van der Waals surface area contributed by atoms with Gasteiger partial charge in [-0.15, -0.1) is 0 Å². The van der Waals surface area contributed by atoms with Gasteiger partial charge in [0.1, 0.15) is 0 Å². The summed E-state index contributed by atoms with van der Waals surface area (Å²) in [5.74, 6) is 0.422. The molecule has 0 aliphatic heterocycles. The molecular weight excluding hydrogens is 176 g/mol. The van der Waals surface area contributed by atoms with Crippen LogP contribution in [0.4, 0.5) is 0 Å². The van der Waals surface area contributed by atoms with E-state index in [1.54, 1.807) is 0 Å². The largest absolute Gasteiger partial charge is 0.295 e. The Balaban J connectivity index is 2.94. The van der Waals surface area contributed by atoms with Gasteiger partial charge in [0.15, 0.2) is 5.78 Å². The zero-order valence-electron chi connectivity index (χ0n) is 9.24. The van der Waals surface area contributed by atoms with Crippen LogP contribution in [0.3, 0.4) is 0 Å². The molecule has 1 nitrogen and oxygen atoms in total. The lowest BCUT2D eigenvalue weighted by atomic mass is 9.93. The molecule has 1 fully saturated rings. The fourth-order valence-electron chi connectivity index (χ4n) is 1.73. The Bertz CT molecular complexity index is 245. The van der Waals surface area contributed by atoms with Gasteiger partial charge in [-0.25, -0.2) is 0 Å². The minimum Gasteiger partial charge on any atom is -0.295 e. The molecule has 0 spiro atoms. The van der Waals surface area contributed by atoms with Crippen molar-refractivity contribution < 1.29 is 4.79 Å². The van der Waals surface area contributed by atoms with Crippen LogP contribution in [0.5, 0.6) is 0 Å². The average molecular weight is 196 g/mol. The van der Waals surface area contributed by atoms with Gasteiger partial charge in [-0.05, 0) is 31.8 Å². The van der Waals surface area contributed by atoms with E-state index in [9.17, 15) is 4.79 Å². The normalized spacial score (nSPS) is 23.2. The SMILES string of the molecule is C/C(=C1\CCCCC1=O)[Si](C)(C)C. The summed E-state index contributed by atoms with van der Waals surface area (Å²) in [5.41, 5.74) is 1.17. The van der Waals surface area contributed by atoms with Gasteiger partial charge in [0.2, 0.25) is 0 Å². The molecule has 0 radical (unpaired) electrons. The van der Waals surface area contributed by atoms with E-state index in [0.29, 0.717) is 5.78 Å². The lowest BCUT2D eigenvalue weighted by Gasteiger charge is -2.23. The van der Waals surface area contributed by atoms with Crippen LogP contribution >= 0.6 is 0 Å². The van der Waals surface area contributed by atoms with E-state index < -0.39 is 8.07 Å². The van der Waals surface area contributed by atoms with Crippen LogP contribution in [0, 0.1) is 0 Å². The Morgan fingerprint density at radius 1 is 1.15 bits per heavy atom. The van der Waals surface area contributed by atoms with Gasteiger partial charge >= 0.3 is 0 Å². The second-order valence-corrected chi connectivity index (χ2v) is 10.2. The van der Waals surface area contributed by atoms with Gasteiger partial charge in [0.05, 0.1) is 8.07 Å². The Kier molecular flexibility index (Phi) is 3.12. The molecular formula is C11H20OSi. The first-order valence-electron chi connectivity index (χ1n) is 5.16. The minimum atomic E-state index is -1.23. The second kappa shape index (κ2) is 3.78. The monoisotopic (exact) mass is 196 g/mol. The van der Waals surface area contributed by atoms with Crippen molar-refractivity contribution in [3.63, 3.8) is 0 Å². The first-order valence-corrected chi connectivity index (χ1v) is 8.66. The first kappa shape index (κ1) is 10.7. The summed E-state index contributed by atoms with van der Waals surface area (Å²) < 4.78 is 0. The van der Waals surface area contributed by atoms with Crippen molar-refractivity contribution in [3.8, 4) is 0 Å². The third-order valence-electron chi connectivity index (χ3n) is 2.99. The summed E-state index contributed by atoms with van der Waals surface area (Å²) in [6, 6.07) is 0. The Morgan fingerprint density at radius 3 is 2.15 bits per heavy atom. The molecule has 1 aliphatic rings. The summed E-state index contributed by atoms with van der Waals surface area (Å²) in [4.78, 5) is 11.6. The summed E-state index contributed by atoms with van der Waals surface area (Å²) in [6.07, 6.45) is 4.14. The van der Waals surface area contributed by atoms with Crippen molar-refractivity contribution in [1.82, 2.24) is 0 Å². The van der Waals surface area contributed by atoms with Crippen LogP contribution < -0.4 is 0 Å². The van der Waals surface area contributed by atoms with Gasteiger partial charge in [0.25, 0.3) is 0 Å². The van der Waals surface area contributed by atoms with Crippen molar-refractivity contribution >= 4 is 13.9 Å². The third-order valence-corrected chi connectivity index (χ3v) is 5.55. The van der Waals surface area contributed by atoms with Crippen molar-refractivity contribution in [2.75, 3.05) is 0 Å². The van der Waals surface area contributed by atoms with E-state index in [-0.39, 0.29) is 0 Å². The molecule has 1 saturated carbocycles. The lowest BCUT2D eigenvalue weighted by Crippen LogP contribution is -2.26. The molecule has 2 heteroatoms. The fourth-order valence-corrected chi connectivity index (χ4v) is 2.90. The maximum atomic E-state index is 11.6. The van der Waals surface area contributed by atoms with E-state index in [4.69, 9.17) is 0 Å². The quantitative estimate of drug-likeness (QED) is 0.464. The summed E-state index contributed by atoms with van der Waals surface area (Å²) in [6.45, 7) is 9.12. The topological polar surface area (TPSA) is 17.1 Å². The first-order chi connectivity index (χ1) is 5.93. The number of hydrogen-bond acceptors (Lipinski definition) is 1. The molecule has 0 bridgehead atoms. The maximum absolute atomic E-state index is 11.6. The highest BCUT2D eigenvalue weighted by Gasteiger charge is 2.24. The molecule has 0 amide bonds. The fraction of sp³-hybridized carbons (Fsp3) is 0.727. The van der Waals surface area contributed by atoms with Crippen molar-refractivity contribution in [2.45, 2.75) is 52.2 Å². The van der Waals surface area contributed by atoms with Crippen molar-refractivity contribution in [3.05, 3.63) is 10.8 Å². The molecule has 1 rings (SSSR count). The van der Waals surface area contributed by atoms with Gasteiger partial charge < -0.3 is 0 Å². The Hall–Kier alpha value is -0.373. The van der Waals surface area contributed by atoms with Crippen molar-refractivity contribution in [2.24, 2.45) is 0 Å². The molecule has 13 heavy (non-hydrogen) atoms. The van der Waals surface area contributed by atoms with Gasteiger partial charge in [-0.2, -0.15) is 0 Å². The maximum Gasteiger partial charge on any atom is 0.158 e. The van der Waals surface area contributed by atoms with E-state index in [0.717, 1.165) is 19.3 Å². The number of allylic oxidation sites excluding steroid dienone is 2. The van der Waals surface area contributed by atoms with Crippen LogP contribution in [0.2, 0.25) is 19.6 Å². The van der Waals surface area contributed by atoms with E-state index in [1.165, 1.54) is 17.2 Å². The smallest absolute Gasteiger partial charge is 0.158 e. The highest BCUT2D eigenvalue weighted by atomic mass is 28.3. The number of carbonyl (C=O) groups excluding carboxylic acids is 1. The van der Waals surface area contributed by atoms with Crippen LogP contribution in [0.1, 0.15) is 32.6 Å². The zero-order chi connectivity index (χ0) is 10.1. The molecule has 0 aromatic rings. The zero-order valence-corrected chi connectivity index (χ0v) is 10.2. The summed E-state index contributed by atoms with van der Waals surface area (Å²) >= 11 is 0. The van der Waals surface area contributed by atoms with E-state index in [1.807, 2.05) is 0 Å². The molecule has 0 saturated heterocycles. The van der Waals surface area contributed by atoms with Gasteiger partial charge in [0, 0.05) is 6.42 Å². The molecule has 1 aliphatic carbocycles. The Labute approximate surface area is 82.2 Å². The molecule has 0 N–H and O–H groups in total. The number of Topliss-reactive ketones (excluding diaryl/α,β-unsaturated/α-hetero) is 1. The van der Waals surface area contributed by atoms with Crippen LogP contribution in [-0.4, -0.2) is 13.9 Å². The van der Waals surface area contributed by atoms with E-state index in [2.05, 4.69) is 26.6 Å². The summed E-state index contributed by atoms with van der Waals surface area (Å²) in [7, 11) is -1.23. The number of ketones is 1. The van der Waals surface area contributed by atoms with Crippen molar-refractivity contribution in [1.29, 1.82) is 0 Å². The predicted molar refractivity (Wildman–Crippen MR) is 59.5 cm³/mol. The molecule has 0 heterocycles. The van der Waals surface area contributed by atoms with E-state index >= 15 is 0 Å². The standard InChI is InChI=1S/C11H20OSi/c1-9(13(2,3)4)10-7-5-6-8-11(10)12/h5-8H2,1-4H3/b10-9-. The molecule has 0 aromatic carbocycles. The van der Waals surface area contributed by atoms with Gasteiger partial charge in [-0.1, -0.05) is 24.8 Å². The highest BCUT2D eigenvalue weighted by molar-refractivity contribution is 6.83. The molecule has 0 unspecified atom stereocenters. The number of carbonyl (C=O) groups is 1.